The van der Waals surface area contributed by atoms with Gasteiger partial charge in [0.1, 0.15) is 5.82 Å². The Labute approximate surface area is 93.9 Å². The van der Waals surface area contributed by atoms with Gasteiger partial charge < -0.3 is 10.8 Å². The van der Waals surface area contributed by atoms with E-state index in [1.54, 1.807) is 6.07 Å². The van der Waals surface area contributed by atoms with Gasteiger partial charge in [-0.1, -0.05) is 31.5 Å². The Hall–Kier alpha value is -0.640. The maximum absolute atomic E-state index is 13.2. The van der Waals surface area contributed by atoms with E-state index >= 15 is 0 Å². The Balaban J connectivity index is 3.02. The molecule has 0 saturated heterocycles. The fourth-order valence-electron chi connectivity index (χ4n) is 1.26. The molecule has 4 heteroatoms. The maximum Gasteiger partial charge on any atom is 0.142 e. The van der Waals surface area contributed by atoms with E-state index in [4.69, 9.17) is 22.4 Å². The van der Waals surface area contributed by atoms with E-state index in [0.717, 1.165) is 0 Å². The molecule has 0 aromatic heterocycles. The molecule has 84 valence electrons. The zero-order valence-corrected chi connectivity index (χ0v) is 9.55. The van der Waals surface area contributed by atoms with Crippen LogP contribution in [-0.2, 0) is 0 Å². The van der Waals surface area contributed by atoms with E-state index in [-0.39, 0.29) is 11.6 Å². The van der Waals surface area contributed by atoms with Crippen LogP contribution in [0.15, 0.2) is 18.2 Å². The van der Waals surface area contributed by atoms with Gasteiger partial charge in [-0.3, -0.25) is 0 Å². The quantitative estimate of drug-likeness (QED) is 0.840. The van der Waals surface area contributed by atoms with Crippen molar-refractivity contribution in [3.05, 3.63) is 34.6 Å². The van der Waals surface area contributed by atoms with Gasteiger partial charge in [0.15, 0.2) is 0 Å². The van der Waals surface area contributed by atoms with E-state index in [1.165, 1.54) is 12.1 Å². The van der Waals surface area contributed by atoms with E-state index < -0.39 is 17.3 Å². The highest BCUT2D eigenvalue weighted by Crippen LogP contribution is 2.31. The molecule has 1 aromatic rings. The average Bonchev–Trinajstić information content (AvgIpc) is 2.21. The molecule has 0 amide bonds. The third kappa shape index (κ3) is 2.68. The van der Waals surface area contributed by atoms with Crippen molar-refractivity contribution in [1.29, 1.82) is 0 Å². The average molecular weight is 232 g/mol. The molecule has 0 spiro atoms. The van der Waals surface area contributed by atoms with Gasteiger partial charge in [0, 0.05) is 18.1 Å². The molecule has 1 aromatic carbocycles. The van der Waals surface area contributed by atoms with Gasteiger partial charge in [-0.15, -0.1) is 0 Å². The zero-order valence-electron chi connectivity index (χ0n) is 8.80. The standard InChI is InChI=1S/C11H15ClFNO/c1-11(2,6-15)10(14)7-3-4-8(12)9(13)5-7/h3-5,10,15H,6,14H2,1-2H3/t10-/m1/s1. The van der Waals surface area contributed by atoms with Crippen molar-refractivity contribution in [2.24, 2.45) is 11.1 Å². The molecule has 15 heavy (non-hydrogen) atoms. The van der Waals surface area contributed by atoms with Crippen molar-refractivity contribution in [3.63, 3.8) is 0 Å². The Morgan fingerprint density at radius 3 is 2.60 bits per heavy atom. The second kappa shape index (κ2) is 4.47. The molecule has 3 N–H and O–H groups in total. The maximum atomic E-state index is 13.2. The molecule has 0 bridgehead atoms. The van der Waals surface area contributed by atoms with Gasteiger partial charge in [-0.25, -0.2) is 4.39 Å². The van der Waals surface area contributed by atoms with Crippen LogP contribution in [0.2, 0.25) is 5.02 Å². The van der Waals surface area contributed by atoms with Crippen molar-refractivity contribution in [1.82, 2.24) is 0 Å². The first-order valence-electron chi connectivity index (χ1n) is 4.70. The first-order valence-corrected chi connectivity index (χ1v) is 5.07. The van der Waals surface area contributed by atoms with Crippen LogP contribution < -0.4 is 5.73 Å². The van der Waals surface area contributed by atoms with Gasteiger partial charge in [0.25, 0.3) is 0 Å². The first-order chi connectivity index (χ1) is 6.88. The minimum atomic E-state index is -0.488. The molecule has 1 rings (SSSR count). The number of aliphatic hydroxyl groups excluding tert-OH is 1. The van der Waals surface area contributed by atoms with Crippen LogP contribution in [0.1, 0.15) is 25.5 Å². The van der Waals surface area contributed by atoms with E-state index in [0.29, 0.717) is 5.56 Å². The molecule has 0 saturated carbocycles. The lowest BCUT2D eigenvalue weighted by atomic mass is 9.82. The number of rotatable bonds is 3. The SMILES string of the molecule is CC(C)(CO)[C@H](N)c1ccc(Cl)c(F)c1. The van der Waals surface area contributed by atoms with Crippen LogP contribution >= 0.6 is 11.6 Å². The van der Waals surface area contributed by atoms with E-state index in [2.05, 4.69) is 0 Å². The highest BCUT2D eigenvalue weighted by Gasteiger charge is 2.27. The minimum Gasteiger partial charge on any atom is -0.396 e. The van der Waals surface area contributed by atoms with Crippen molar-refractivity contribution in [2.75, 3.05) is 6.61 Å². The largest absolute Gasteiger partial charge is 0.396 e. The normalized spacial score (nSPS) is 14.0. The number of halogens is 2. The lowest BCUT2D eigenvalue weighted by Gasteiger charge is -2.29. The van der Waals surface area contributed by atoms with Crippen molar-refractivity contribution in [2.45, 2.75) is 19.9 Å². The third-order valence-electron chi connectivity index (χ3n) is 2.55. The molecular formula is C11H15ClFNO. The summed E-state index contributed by atoms with van der Waals surface area (Å²) in [6.07, 6.45) is 0. The van der Waals surface area contributed by atoms with Crippen LogP contribution in [-0.4, -0.2) is 11.7 Å². The Bertz CT molecular complexity index is 354. The van der Waals surface area contributed by atoms with Gasteiger partial charge in [-0.2, -0.15) is 0 Å². The molecule has 0 fully saturated rings. The van der Waals surface area contributed by atoms with Crippen LogP contribution in [0.25, 0.3) is 0 Å². The number of nitrogens with two attached hydrogens (primary N) is 1. The molecule has 0 heterocycles. The zero-order chi connectivity index (χ0) is 11.6. The predicted molar refractivity (Wildman–Crippen MR) is 59.2 cm³/mol. The summed E-state index contributed by atoms with van der Waals surface area (Å²) in [6, 6.07) is 4.03. The van der Waals surface area contributed by atoms with Crippen LogP contribution in [0.4, 0.5) is 4.39 Å². The summed E-state index contributed by atoms with van der Waals surface area (Å²) >= 11 is 5.57. The monoisotopic (exact) mass is 231 g/mol. The van der Waals surface area contributed by atoms with Gasteiger partial charge in [0.05, 0.1) is 5.02 Å². The van der Waals surface area contributed by atoms with E-state index in [1.807, 2.05) is 13.8 Å². The molecule has 2 nitrogen and oxygen atoms in total. The predicted octanol–water partition coefficient (Wildman–Crippen LogP) is 2.50. The van der Waals surface area contributed by atoms with Gasteiger partial charge >= 0.3 is 0 Å². The molecule has 0 unspecified atom stereocenters. The molecule has 0 aliphatic carbocycles. The summed E-state index contributed by atoms with van der Waals surface area (Å²) in [5, 5.41) is 9.23. The lowest BCUT2D eigenvalue weighted by Crippen LogP contribution is -2.32. The summed E-state index contributed by atoms with van der Waals surface area (Å²) in [4.78, 5) is 0. The van der Waals surface area contributed by atoms with Crippen molar-refractivity contribution >= 4 is 11.6 Å². The molecule has 0 aliphatic rings. The van der Waals surface area contributed by atoms with Gasteiger partial charge in [-0.05, 0) is 17.7 Å². The van der Waals surface area contributed by atoms with Crippen LogP contribution in [0.3, 0.4) is 0 Å². The summed E-state index contributed by atoms with van der Waals surface area (Å²) in [5.74, 6) is -0.488. The lowest BCUT2D eigenvalue weighted by molar-refractivity contribution is 0.132. The fraction of sp³-hybridized carbons (Fsp3) is 0.455. The summed E-state index contributed by atoms with van der Waals surface area (Å²) in [7, 11) is 0. The Kier molecular flexibility index (Phi) is 3.71. The second-order valence-corrected chi connectivity index (χ2v) is 4.71. The molecular weight excluding hydrogens is 217 g/mol. The second-order valence-electron chi connectivity index (χ2n) is 4.30. The Morgan fingerprint density at radius 2 is 2.13 bits per heavy atom. The first kappa shape index (κ1) is 12.4. The summed E-state index contributed by atoms with van der Waals surface area (Å²) in [5.41, 5.74) is 6.08. The number of hydrogen-bond acceptors (Lipinski definition) is 2. The van der Waals surface area contributed by atoms with Crippen LogP contribution in [0.5, 0.6) is 0 Å². The number of hydrogen-bond donors (Lipinski definition) is 2. The van der Waals surface area contributed by atoms with Crippen molar-refractivity contribution < 1.29 is 9.50 Å². The highest BCUT2D eigenvalue weighted by atomic mass is 35.5. The topological polar surface area (TPSA) is 46.2 Å². The van der Waals surface area contributed by atoms with E-state index in [9.17, 15) is 4.39 Å². The number of benzene rings is 1. The third-order valence-corrected chi connectivity index (χ3v) is 2.86. The van der Waals surface area contributed by atoms with Crippen molar-refractivity contribution in [3.8, 4) is 0 Å². The van der Waals surface area contributed by atoms with Crippen LogP contribution in [0, 0.1) is 11.2 Å². The fourth-order valence-corrected chi connectivity index (χ4v) is 1.37. The Morgan fingerprint density at radius 1 is 1.53 bits per heavy atom. The molecule has 0 aliphatic heterocycles. The minimum absolute atomic E-state index is 0.0571. The molecule has 0 radical (unpaired) electrons. The number of aliphatic hydroxyl groups is 1. The molecule has 1 atom stereocenters. The summed E-state index contributed by atoms with van der Waals surface area (Å²) < 4.78 is 13.2. The van der Waals surface area contributed by atoms with Gasteiger partial charge in [0.2, 0.25) is 0 Å². The smallest absolute Gasteiger partial charge is 0.142 e. The summed E-state index contributed by atoms with van der Waals surface area (Å²) in [6.45, 7) is 3.59. The highest BCUT2D eigenvalue weighted by molar-refractivity contribution is 6.30.